The number of nitrogen functional groups attached to an aromatic ring is 1. The van der Waals surface area contributed by atoms with Crippen LogP contribution in [0, 0.1) is 0 Å². The second kappa shape index (κ2) is 5.19. The average molecular weight is 234 g/mol. The molecule has 1 aliphatic heterocycles. The molecule has 0 radical (unpaired) electrons. The van der Waals surface area contributed by atoms with Crippen LogP contribution in [-0.4, -0.2) is 26.2 Å². The summed E-state index contributed by atoms with van der Waals surface area (Å²) in [5.74, 6) is 0.0291. The van der Waals surface area contributed by atoms with Crippen LogP contribution in [0.5, 0.6) is 0 Å². The number of nitrogens with one attached hydrogen (secondary N) is 1. The number of esters is 1. The van der Waals surface area contributed by atoms with Gasteiger partial charge >= 0.3 is 5.97 Å². The predicted molar refractivity (Wildman–Crippen MR) is 67.0 cm³/mol. The Morgan fingerprint density at radius 2 is 2.35 bits per heavy atom. The van der Waals surface area contributed by atoms with E-state index in [-0.39, 0.29) is 5.97 Å². The van der Waals surface area contributed by atoms with Crippen LogP contribution >= 0.6 is 0 Å². The largest absolute Gasteiger partial charge is 0.465 e. The number of ether oxygens (including phenoxy) is 1. The zero-order valence-corrected chi connectivity index (χ0v) is 10.0. The molecule has 1 unspecified atom stereocenters. The first-order chi connectivity index (χ1) is 8.24. The van der Waals surface area contributed by atoms with Gasteiger partial charge in [0, 0.05) is 12.2 Å². The van der Waals surface area contributed by atoms with E-state index in [1.165, 1.54) is 7.11 Å². The highest BCUT2D eigenvalue weighted by Crippen LogP contribution is 2.30. The fourth-order valence-electron chi connectivity index (χ4n) is 2.34. The Morgan fingerprint density at radius 3 is 3.00 bits per heavy atom. The summed E-state index contributed by atoms with van der Waals surface area (Å²) < 4.78 is 4.72. The number of piperidine rings is 1. The van der Waals surface area contributed by atoms with Crippen molar-refractivity contribution in [3.8, 4) is 0 Å². The fraction of sp³-hybridized carbons (Fsp3) is 0.462. The molecule has 1 fully saturated rings. The third-order valence-electron chi connectivity index (χ3n) is 3.28. The van der Waals surface area contributed by atoms with Gasteiger partial charge in [-0.25, -0.2) is 4.79 Å². The van der Waals surface area contributed by atoms with Crippen molar-refractivity contribution in [2.24, 2.45) is 0 Å². The summed E-state index contributed by atoms with van der Waals surface area (Å²) in [6.45, 7) is 1.99. The third-order valence-corrected chi connectivity index (χ3v) is 3.28. The smallest absolute Gasteiger partial charge is 0.339 e. The van der Waals surface area contributed by atoms with Crippen molar-refractivity contribution in [1.29, 1.82) is 0 Å². The van der Waals surface area contributed by atoms with E-state index in [0.717, 1.165) is 31.5 Å². The van der Waals surface area contributed by atoms with E-state index in [1.54, 1.807) is 6.07 Å². The van der Waals surface area contributed by atoms with Gasteiger partial charge in [-0.2, -0.15) is 0 Å². The second-order valence-electron chi connectivity index (χ2n) is 4.34. The lowest BCUT2D eigenvalue weighted by Crippen LogP contribution is -2.29. The first-order valence-corrected chi connectivity index (χ1v) is 5.91. The van der Waals surface area contributed by atoms with E-state index in [1.807, 2.05) is 12.1 Å². The van der Waals surface area contributed by atoms with Crippen molar-refractivity contribution in [3.05, 3.63) is 29.3 Å². The summed E-state index contributed by atoms with van der Waals surface area (Å²) in [7, 11) is 1.37. The van der Waals surface area contributed by atoms with Crippen molar-refractivity contribution >= 4 is 11.7 Å². The van der Waals surface area contributed by atoms with Crippen LogP contribution in [0.25, 0.3) is 0 Å². The molecule has 0 spiro atoms. The number of para-hydroxylation sites is 1. The Bertz CT molecular complexity index is 412. The number of carbonyl (C=O) groups is 1. The number of methoxy groups -OCH3 is 1. The Morgan fingerprint density at radius 1 is 1.53 bits per heavy atom. The summed E-state index contributed by atoms with van der Waals surface area (Å²) in [5, 5.41) is 3.35. The van der Waals surface area contributed by atoms with Gasteiger partial charge in [0.2, 0.25) is 0 Å². The maximum Gasteiger partial charge on any atom is 0.339 e. The molecule has 0 amide bonds. The lowest BCUT2D eigenvalue weighted by Gasteiger charge is -2.24. The molecular weight excluding hydrogens is 216 g/mol. The number of hydrogen-bond donors (Lipinski definition) is 2. The molecule has 0 aromatic heterocycles. The zero-order chi connectivity index (χ0) is 12.3. The standard InChI is InChI=1S/C13H18N2O2/c1-17-13(16)11-6-2-5-10(12(11)14)9-4-3-7-15-8-9/h2,5-6,9,15H,3-4,7-8,14H2,1H3. The fourth-order valence-corrected chi connectivity index (χ4v) is 2.34. The van der Waals surface area contributed by atoms with E-state index in [2.05, 4.69) is 5.32 Å². The molecule has 1 aromatic carbocycles. The molecule has 0 saturated carbocycles. The number of carbonyl (C=O) groups excluding carboxylic acids is 1. The molecule has 3 N–H and O–H groups in total. The van der Waals surface area contributed by atoms with E-state index in [4.69, 9.17) is 10.5 Å². The Kier molecular flexibility index (Phi) is 3.64. The van der Waals surface area contributed by atoms with Gasteiger partial charge in [0.15, 0.2) is 0 Å². The maximum absolute atomic E-state index is 11.6. The lowest BCUT2D eigenvalue weighted by atomic mass is 9.89. The van der Waals surface area contributed by atoms with Crippen LogP contribution in [0.15, 0.2) is 18.2 Å². The van der Waals surface area contributed by atoms with Gasteiger partial charge in [-0.05, 0) is 36.9 Å². The Labute approximate surface area is 101 Å². The second-order valence-corrected chi connectivity index (χ2v) is 4.34. The van der Waals surface area contributed by atoms with Crippen LogP contribution in [0.4, 0.5) is 5.69 Å². The van der Waals surface area contributed by atoms with Crippen LogP contribution < -0.4 is 11.1 Å². The van der Waals surface area contributed by atoms with Gasteiger partial charge in [-0.15, -0.1) is 0 Å². The highest BCUT2D eigenvalue weighted by molar-refractivity contribution is 5.95. The molecule has 1 saturated heterocycles. The Balaban J connectivity index is 2.31. The van der Waals surface area contributed by atoms with Crippen LogP contribution in [-0.2, 0) is 4.74 Å². The molecule has 1 atom stereocenters. The monoisotopic (exact) mass is 234 g/mol. The number of benzene rings is 1. The van der Waals surface area contributed by atoms with Crippen molar-refractivity contribution in [3.63, 3.8) is 0 Å². The van der Waals surface area contributed by atoms with Crippen LogP contribution in [0.3, 0.4) is 0 Å². The van der Waals surface area contributed by atoms with Crippen molar-refractivity contribution in [2.45, 2.75) is 18.8 Å². The molecule has 0 bridgehead atoms. The van der Waals surface area contributed by atoms with Crippen molar-refractivity contribution in [2.75, 3.05) is 25.9 Å². The van der Waals surface area contributed by atoms with E-state index in [0.29, 0.717) is 17.2 Å². The highest BCUT2D eigenvalue weighted by Gasteiger charge is 2.20. The number of nitrogens with two attached hydrogens (primary N) is 1. The first kappa shape index (κ1) is 11.9. The molecule has 92 valence electrons. The lowest BCUT2D eigenvalue weighted by molar-refractivity contribution is 0.0602. The Hall–Kier alpha value is -1.55. The third kappa shape index (κ3) is 2.42. The molecular formula is C13H18N2O2. The minimum absolute atomic E-state index is 0.367. The summed E-state index contributed by atoms with van der Waals surface area (Å²) in [6, 6.07) is 5.58. The summed E-state index contributed by atoms with van der Waals surface area (Å²) in [4.78, 5) is 11.6. The molecule has 1 aromatic rings. The SMILES string of the molecule is COC(=O)c1cccc(C2CCCNC2)c1N. The van der Waals surface area contributed by atoms with Crippen molar-refractivity contribution < 1.29 is 9.53 Å². The normalized spacial score (nSPS) is 19.9. The van der Waals surface area contributed by atoms with Crippen molar-refractivity contribution in [1.82, 2.24) is 5.32 Å². The van der Waals surface area contributed by atoms with Gasteiger partial charge in [0.1, 0.15) is 0 Å². The molecule has 0 aliphatic carbocycles. The minimum atomic E-state index is -0.367. The van der Waals surface area contributed by atoms with Gasteiger partial charge in [-0.1, -0.05) is 12.1 Å². The van der Waals surface area contributed by atoms with E-state index < -0.39 is 0 Å². The number of rotatable bonds is 2. The van der Waals surface area contributed by atoms with Gasteiger partial charge in [-0.3, -0.25) is 0 Å². The molecule has 1 heterocycles. The predicted octanol–water partition coefficient (Wildman–Crippen LogP) is 1.52. The molecule has 17 heavy (non-hydrogen) atoms. The first-order valence-electron chi connectivity index (χ1n) is 5.91. The van der Waals surface area contributed by atoms with Gasteiger partial charge in [0.05, 0.1) is 12.7 Å². The maximum atomic E-state index is 11.6. The van der Waals surface area contributed by atoms with Crippen LogP contribution in [0.2, 0.25) is 0 Å². The van der Waals surface area contributed by atoms with E-state index >= 15 is 0 Å². The van der Waals surface area contributed by atoms with Gasteiger partial charge < -0.3 is 15.8 Å². The summed E-state index contributed by atoms with van der Waals surface area (Å²) in [5.41, 5.74) is 8.15. The average Bonchev–Trinajstić information content (AvgIpc) is 2.39. The molecule has 1 aliphatic rings. The van der Waals surface area contributed by atoms with E-state index in [9.17, 15) is 4.79 Å². The molecule has 4 heteroatoms. The zero-order valence-electron chi connectivity index (χ0n) is 10.0. The minimum Gasteiger partial charge on any atom is -0.465 e. The quantitative estimate of drug-likeness (QED) is 0.601. The summed E-state index contributed by atoms with van der Waals surface area (Å²) >= 11 is 0. The summed E-state index contributed by atoms with van der Waals surface area (Å²) in [6.07, 6.45) is 2.26. The molecule has 2 rings (SSSR count). The van der Waals surface area contributed by atoms with Gasteiger partial charge in [0.25, 0.3) is 0 Å². The topological polar surface area (TPSA) is 64.3 Å². The number of anilines is 1. The number of hydrogen-bond acceptors (Lipinski definition) is 4. The highest BCUT2D eigenvalue weighted by atomic mass is 16.5. The van der Waals surface area contributed by atoms with Crippen LogP contribution in [0.1, 0.15) is 34.7 Å². The molecule has 4 nitrogen and oxygen atoms in total.